The maximum absolute atomic E-state index is 12.2. The number of aliphatic hydroxyl groups excluding tert-OH is 1. The third-order valence-corrected chi connectivity index (χ3v) is 4.14. The van der Waals surface area contributed by atoms with Crippen molar-refractivity contribution in [3.05, 3.63) is 17.5 Å². The molecule has 1 N–H and O–H groups in total. The van der Waals surface area contributed by atoms with Crippen LogP contribution in [0.15, 0.2) is 6.07 Å². The molecular weight excluding hydrogens is 268 g/mol. The van der Waals surface area contributed by atoms with Crippen molar-refractivity contribution in [2.75, 3.05) is 27.2 Å². The van der Waals surface area contributed by atoms with Crippen molar-refractivity contribution < 1.29 is 9.90 Å². The molecule has 6 nitrogen and oxygen atoms in total. The number of carbonyl (C=O) groups is 1. The Morgan fingerprint density at radius 3 is 2.67 bits per heavy atom. The van der Waals surface area contributed by atoms with Crippen molar-refractivity contribution in [3.8, 4) is 0 Å². The Kier molecular flexibility index (Phi) is 5.00. The molecule has 2 heterocycles. The molecule has 1 saturated heterocycles. The predicted octanol–water partition coefficient (Wildman–Crippen LogP) is 0.413. The number of aromatic nitrogens is 2. The number of likely N-dealkylation sites (N-methyl/N-ethyl adjacent to an activating group) is 1. The fourth-order valence-electron chi connectivity index (χ4n) is 2.92. The number of rotatable bonds is 5. The van der Waals surface area contributed by atoms with Gasteiger partial charge in [0, 0.05) is 31.7 Å². The summed E-state index contributed by atoms with van der Waals surface area (Å²) in [6, 6.07) is 2.09. The monoisotopic (exact) mass is 294 g/mol. The summed E-state index contributed by atoms with van der Waals surface area (Å²) in [7, 11) is 3.87. The Labute approximate surface area is 126 Å². The Hall–Kier alpha value is -1.40. The molecule has 1 amide bonds. The minimum Gasteiger partial charge on any atom is -0.390 e. The number of likely N-dealkylation sites (tertiary alicyclic amines) is 1. The summed E-state index contributed by atoms with van der Waals surface area (Å²) in [6.07, 6.45) is 0.838. The number of aryl methyl sites for hydroxylation is 3. The molecule has 0 saturated carbocycles. The van der Waals surface area contributed by atoms with Gasteiger partial charge in [0.15, 0.2) is 0 Å². The van der Waals surface area contributed by atoms with Crippen LogP contribution in [0.2, 0.25) is 0 Å². The number of amides is 1. The SMILES string of the molecule is Cc1cc(C)n(CCCC(=O)N2C[C@@H](O)[C@H](N(C)C)C2)n1. The second-order valence-corrected chi connectivity index (χ2v) is 6.15. The van der Waals surface area contributed by atoms with Gasteiger partial charge >= 0.3 is 0 Å². The Balaban J connectivity index is 1.79. The number of hydrogen-bond donors (Lipinski definition) is 1. The summed E-state index contributed by atoms with van der Waals surface area (Å²) in [5.41, 5.74) is 2.14. The van der Waals surface area contributed by atoms with Crippen LogP contribution in [-0.4, -0.2) is 69.9 Å². The number of carbonyl (C=O) groups excluding carboxylic acids is 1. The molecule has 118 valence electrons. The van der Waals surface area contributed by atoms with E-state index in [0.717, 1.165) is 24.4 Å². The summed E-state index contributed by atoms with van der Waals surface area (Å²) in [6.45, 7) is 5.83. The summed E-state index contributed by atoms with van der Waals surface area (Å²) in [4.78, 5) is 16.0. The van der Waals surface area contributed by atoms with Gasteiger partial charge in [-0.2, -0.15) is 5.10 Å². The minimum atomic E-state index is -0.444. The lowest BCUT2D eigenvalue weighted by Gasteiger charge is -2.21. The van der Waals surface area contributed by atoms with Crippen LogP contribution in [0, 0.1) is 13.8 Å². The van der Waals surface area contributed by atoms with E-state index in [1.807, 2.05) is 43.6 Å². The summed E-state index contributed by atoms with van der Waals surface area (Å²) in [5, 5.41) is 14.4. The summed E-state index contributed by atoms with van der Waals surface area (Å²) in [5.74, 6) is 0.125. The summed E-state index contributed by atoms with van der Waals surface area (Å²) >= 11 is 0. The van der Waals surface area contributed by atoms with Gasteiger partial charge in [-0.25, -0.2) is 0 Å². The first kappa shape index (κ1) is 16.0. The largest absolute Gasteiger partial charge is 0.390 e. The van der Waals surface area contributed by atoms with Gasteiger partial charge in [-0.15, -0.1) is 0 Å². The zero-order valence-corrected chi connectivity index (χ0v) is 13.4. The van der Waals surface area contributed by atoms with Crippen LogP contribution in [-0.2, 0) is 11.3 Å². The second-order valence-electron chi connectivity index (χ2n) is 6.15. The van der Waals surface area contributed by atoms with Gasteiger partial charge in [-0.1, -0.05) is 0 Å². The molecule has 0 spiro atoms. The van der Waals surface area contributed by atoms with Crippen LogP contribution < -0.4 is 0 Å². The molecule has 2 rings (SSSR count). The van der Waals surface area contributed by atoms with E-state index < -0.39 is 6.10 Å². The molecule has 0 unspecified atom stereocenters. The molecule has 21 heavy (non-hydrogen) atoms. The first-order valence-corrected chi connectivity index (χ1v) is 7.52. The van der Waals surface area contributed by atoms with Crippen LogP contribution in [0.25, 0.3) is 0 Å². The number of aliphatic hydroxyl groups is 1. The number of hydrogen-bond acceptors (Lipinski definition) is 4. The van der Waals surface area contributed by atoms with E-state index in [1.165, 1.54) is 0 Å². The lowest BCUT2D eigenvalue weighted by molar-refractivity contribution is -0.130. The Morgan fingerprint density at radius 2 is 2.14 bits per heavy atom. The van der Waals surface area contributed by atoms with Crippen LogP contribution in [0.5, 0.6) is 0 Å². The van der Waals surface area contributed by atoms with Crippen LogP contribution in [0.4, 0.5) is 0 Å². The topological polar surface area (TPSA) is 61.6 Å². The van der Waals surface area contributed by atoms with Gasteiger partial charge in [-0.05, 0) is 40.4 Å². The van der Waals surface area contributed by atoms with E-state index in [4.69, 9.17) is 0 Å². The third-order valence-electron chi connectivity index (χ3n) is 4.14. The van der Waals surface area contributed by atoms with E-state index in [9.17, 15) is 9.90 Å². The van der Waals surface area contributed by atoms with E-state index in [1.54, 1.807) is 4.90 Å². The fraction of sp³-hybridized carbons (Fsp3) is 0.733. The summed E-state index contributed by atoms with van der Waals surface area (Å²) < 4.78 is 1.95. The van der Waals surface area contributed by atoms with E-state index in [2.05, 4.69) is 5.10 Å². The van der Waals surface area contributed by atoms with Crippen molar-refractivity contribution >= 4 is 5.91 Å². The second kappa shape index (κ2) is 6.58. The third kappa shape index (κ3) is 3.83. The molecule has 0 aliphatic carbocycles. The molecule has 1 fully saturated rings. The molecule has 0 bridgehead atoms. The zero-order chi connectivity index (χ0) is 15.6. The smallest absolute Gasteiger partial charge is 0.222 e. The highest BCUT2D eigenvalue weighted by molar-refractivity contribution is 5.76. The average Bonchev–Trinajstić information content (AvgIpc) is 2.93. The Morgan fingerprint density at radius 1 is 1.43 bits per heavy atom. The molecule has 1 aliphatic rings. The van der Waals surface area contributed by atoms with Crippen molar-refractivity contribution in [2.45, 2.75) is 45.4 Å². The molecule has 0 radical (unpaired) electrons. The van der Waals surface area contributed by atoms with E-state index in [-0.39, 0.29) is 11.9 Å². The van der Waals surface area contributed by atoms with E-state index >= 15 is 0 Å². The van der Waals surface area contributed by atoms with Gasteiger partial charge in [0.25, 0.3) is 0 Å². The molecule has 2 atom stereocenters. The molecule has 1 aliphatic heterocycles. The number of β-amino-alcohol motifs (C(OH)–C–C–N with tert-alkyl or cyclic N) is 1. The maximum Gasteiger partial charge on any atom is 0.222 e. The van der Waals surface area contributed by atoms with Gasteiger partial charge < -0.3 is 14.9 Å². The average molecular weight is 294 g/mol. The van der Waals surface area contributed by atoms with Crippen molar-refractivity contribution in [2.24, 2.45) is 0 Å². The molecule has 1 aromatic heterocycles. The standard InChI is InChI=1S/C15H26N4O2/c1-11-8-12(2)19(16-11)7-5-6-15(21)18-9-13(17(3)4)14(20)10-18/h8,13-14,20H,5-7,9-10H2,1-4H3/t13-,14-/m1/s1. The fourth-order valence-corrected chi connectivity index (χ4v) is 2.92. The predicted molar refractivity (Wildman–Crippen MR) is 81.0 cm³/mol. The van der Waals surface area contributed by atoms with Crippen molar-refractivity contribution in [3.63, 3.8) is 0 Å². The van der Waals surface area contributed by atoms with Crippen molar-refractivity contribution in [1.82, 2.24) is 19.6 Å². The van der Waals surface area contributed by atoms with Crippen LogP contribution in [0.1, 0.15) is 24.2 Å². The highest BCUT2D eigenvalue weighted by Crippen LogP contribution is 2.16. The minimum absolute atomic E-state index is 0.0463. The maximum atomic E-state index is 12.2. The van der Waals surface area contributed by atoms with Gasteiger partial charge in [0.2, 0.25) is 5.91 Å². The highest BCUT2D eigenvalue weighted by Gasteiger charge is 2.34. The van der Waals surface area contributed by atoms with Gasteiger partial charge in [0.1, 0.15) is 0 Å². The quantitative estimate of drug-likeness (QED) is 0.854. The molecule has 6 heteroatoms. The van der Waals surface area contributed by atoms with Gasteiger partial charge in [-0.3, -0.25) is 9.48 Å². The van der Waals surface area contributed by atoms with Gasteiger partial charge in [0.05, 0.1) is 17.8 Å². The first-order valence-electron chi connectivity index (χ1n) is 7.52. The molecular formula is C15H26N4O2. The number of nitrogens with zero attached hydrogens (tertiary/aromatic N) is 4. The van der Waals surface area contributed by atoms with Crippen LogP contribution >= 0.6 is 0 Å². The van der Waals surface area contributed by atoms with E-state index in [0.29, 0.717) is 19.5 Å². The lowest BCUT2D eigenvalue weighted by atomic mass is 10.2. The zero-order valence-electron chi connectivity index (χ0n) is 13.4. The first-order chi connectivity index (χ1) is 9.88. The Bertz CT molecular complexity index is 498. The highest BCUT2D eigenvalue weighted by atomic mass is 16.3. The lowest BCUT2D eigenvalue weighted by Crippen LogP contribution is -2.38. The van der Waals surface area contributed by atoms with Crippen molar-refractivity contribution in [1.29, 1.82) is 0 Å². The normalized spacial score (nSPS) is 22.3. The molecule has 0 aromatic carbocycles. The molecule has 1 aromatic rings. The van der Waals surface area contributed by atoms with Crippen LogP contribution in [0.3, 0.4) is 0 Å².